The van der Waals surface area contributed by atoms with Gasteiger partial charge in [0.25, 0.3) is 0 Å². The van der Waals surface area contributed by atoms with E-state index in [4.69, 9.17) is 4.74 Å². The van der Waals surface area contributed by atoms with Crippen molar-refractivity contribution in [2.75, 3.05) is 0 Å². The molecule has 0 saturated heterocycles. The smallest absolute Gasteiger partial charge is 0.349 e. The summed E-state index contributed by atoms with van der Waals surface area (Å²) in [5, 5.41) is 9.73. The lowest BCUT2D eigenvalue weighted by Gasteiger charge is -2.31. The van der Waals surface area contributed by atoms with Crippen LogP contribution >= 0.6 is 15.9 Å². The summed E-state index contributed by atoms with van der Waals surface area (Å²) in [6, 6.07) is 0. The van der Waals surface area contributed by atoms with Crippen LogP contribution in [0.5, 0.6) is 0 Å². The Balaban J connectivity index is 2.30. The summed E-state index contributed by atoms with van der Waals surface area (Å²) in [5.74, 6) is -0.336. The van der Waals surface area contributed by atoms with Crippen molar-refractivity contribution in [3.63, 3.8) is 0 Å². The molecular weight excluding hydrogens is 236 g/mol. The fourth-order valence-corrected chi connectivity index (χ4v) is 2.47. The van der Waals surface area contributed by atoms with Crippen LogP contribution in [0.2, 0.25) is 0 Å². The van der Waals surface area contributed by atoms with E-state index in [9.17, 15) is 9.90 Å². The molecule has 72 valence electrons. The number of rotatable bonds is 0. The van der Waals surface area contributed by atoms with Gasteiger partial charge >= 0.3 is 5.97 Å². The molecule has 1 heterocycles. The van der Waals surface area contributed by atoms with Crippen molar-refractivity contribution in [3.8, 4) is 0 Å². The van der Waals surface area contributed by atoms with Crippen molar-refractivity contribution >= 4 is 21.9 Å². The van der Waals surface area contributed by atoms with Gasteiger partial charge in [0.15, 0.2) is 11.4 Å². The fourth-order valence-electron chi connectivity index (χ4n) is 2.03. The van der Waals surface area contributed by atoms with Crippen molar-refractivity contribution in [1.82, 2.24) is 0 Å². The van der Waals surface area contributed by atoms with Gasteiger partial charge in [-0.3, -0.25) is 0 Å². The van der Waals surface area contributed by atoms with Gasteiger partial charge in [0.1, 0.15) is 4.48 Å². The molecule has 0 aromatic carbocycles. The van der Waals surface area contributed by atoms with Gasteiger partial charge in [-0.05, 0) is 41.6 Å². The molecule has 0 atom stereocenters. The van der Waals surface area contributed by atoms with E-state index < -0.39 is 11.6 Å². The molecule has 0 unspecified atom stereocenters. The van der Waals surface area contributed by atoms with Crippen LogP contribution in [0.3, 0.4) is 0 Å². The average Bonchev–Trinajstić information content (AvgIpc) is 2.33. The Morgan fingerprint density at radius 2 is 1.92 bits per heavy atom. The third-order valence-corrected chi connectivity index (χ3v) is 3.47. The minimum absolute atomic E-state index is 0.0946. The van der Waals surface area contributed by atoms with Gasteiger partial charge in [-0.1, -0.05) is 6.42 Å². The summed E-state index contributed by atoms with van der Waals surface area (Å²) in [5.41, 5.74) is -0.686. The molecule has 1 saturated carbocycles. The third-order valence-electron chi connectivity index (χ3n) is 2.77. The quantitative estimate of drug-likeness (QED) is 0.668. The summed E-state index contributed by atoms with van der Waals surface area (Å²) in [4.78, 5) is 11.2. The molecule has 4 heteroatoms. The number of carbonyl (C=O) groups is 1. The van der Waals surface area contributed by atoms with Gasteiger partial charge in [-0.15, -0.1) is 0 Å². The molecule has 2 rings (SSSR count). The van der Waals surface area contributed by atoms with Crippen LogP contribution in [0.4, 0.5) is 0 Å². The van der Waals surface area contributed by atoms with Crippen LogP contribution in [0.25, 0.3) is 0 Å². The minimum atomic E-state index is -0.686. The number of aliphatic hydroxyl groups is 1. The first kappa shape index (κ1) is 9.06. The van der Waals surface area contributed by atoms with E-state index in [-0.39, 0.29) is 10.2 Å². The zero-order valence-electron chi connectivity index (χ0n) is 7.18. The Labute approximate surface area is 84.9 Å². The zero-order chi connectivity index (χ0) is 9.47. The topological polar surface area (TPSA) is 46.5 Å². The van der Waals surface area contributed by atoms with Crippen molar-refractivity contribution in [3.05, 3.63) is 10.2 Å². The van der Waals surface area contributed by atoms with Gasteiger partial charge < -0.3 is 9.84 Å². The minimum Gasteiger partial charge on any atom is -0.507 e. The van der Waals surface area contributed by atoms with Crippen LogP contribution in [0.15, 0.2) is 10.2 Å². The predicted molar refractivity (Wildman–Crippen MR) is 50.5 cm³/mol. The summed E-state index contributed by atoms with van der Waals surface area (Å²) in [6.07, 6.45) is 4.68. The maximum Gasteiger partial charge on any atom is 0.349 e. The van der Waals surface area contributed by atoms with E-state index in [0.717, 1.165) is 32.1 Å². The Kier molecular flexibility index (Phi) is 2.10. The first-order chi connectivity index (χ1) is 6.16. The number of aliphatic hydroxyl groups excluding tert-OH is 1. The Morgan fingerprint density at radius 1 is 1.31 bits per heavy atom. The van der Waals surface area contributed by atoms with E-state index in [1.807, 2.05) is 0 Å². The molecule has 0 amide bonds. The van der Waals surface area contributed by atoms with Crippen LogP contribution in [-0.2, 0) is 9.53 Å². The van der Waals surface area contributed by atoms with Gasteiger partial charge in [0.2, 0.25) is 0 Å². The number of carbonyl (C=O) groups excluding carboxylic acids is 1. The molecule has 1 aliphatic carbocycles. The normalized spacial score (nSPS) is 26.7. The molecule has 1 spiro atoms. The second-order valence-electron chi connectivity index (χ2n) is 3.61. The van der Waals surface area contributed by atoms with Crippen LogP contribution in [0.1, 0.15) is 32.1 Å². The summed E-state index contributed by atoms with van der Waals surface area (Å²) >= 11 is 3.03. The van der Waals surface area contributed by atoms with E-state index in [1.165, 1.54) is 0 Å². The van der Waals surface area contributed by atoms with Gasteiger partial charge in [0, 0.05) is 0 Å². The van der Waals surface area contributed by atoms with E-state index >= 15 is 0 Å². The lowest BCUT2D eigenvalue weighted by Crippen LogP contribution is -2.34. The van der Waals surface area contributed by atoms with Crippen molar-refractivity contribution < 1.29 is 14.6 Å². The van der Waals surface area contributed by atoms with Gasteiger partial charge in [-0.25, -0.2) is 4.79 Å². The molecule has 2 aliphatic rings. The highest BCUT2D eigenvalue weighted by molar-refractivity contribution is 9.12. The molecule has 0 radical (unpaired) electrons. The van der Waals surface area contributed by atoms with E-state index in [1.54, 1.807) is 0 Å². The molecule has 0 aromatic heterocycles. The van der Waals surface area contributed by atoms with Gasteiger partial charge in [0.05, 0.1) is 0 Å². The summed E-state index contributed by atoms with van der Waals surface area (Å²) < 4.78 is 5.41. The largest absolute Gasteiger partial charge is 0.507 e. The molecule has 1 N–H and O–H groups in total. The molecule has 0 aromatic rings. The summed E-state index contributed by atoms with van der Waals surface area (Å²) in [7, 11) is 0. The van der Waals surface area contributed by atoms with Crippen molar-refractivity contribution in [1.29, 1.82) is 0 Å². The van der Waals surface area contributed by atoms with Gasteiger partial charge in [-0.2, -0.15) is 0 Å². The second-order valence-corrected chi connectivity index (χ2v) is 4.40. The number of hydrogen-bond acceptors (Lipinski definition) is 3. The monoisotopic (exact) mass is 246 g/mol. The standard InChI is InChI=1S/C9H11BrO3/c10-6-7(11)9(13-8(6)12)4-2-1-3-5-9/h11H,1-5H2. The van der Waals surface area contributed by atoms with Crippen molar-refractivity contribution in [2.24, 2.45) is 0 Å². The molecule has 1 aliphatic heterocycles. The molecule has 0 bridgehead atoms. The number of hydrogen-bond donors (Lipinski definition) is 1. The molecule has 3 nitrogen and oxygen atoms in total. The first-order valence-electron chi connectivity index (χ1n) is 4.48. The predicted octanol–water partition coefficient (Wildman–Crippen LogP) is 2.41. The highest BCUT2D eigenvalue weighted by atomic mass is 79.9. The van der Waals surface area contributed by atoms with Crippen LogP contribution in [0, 0.1) is 0 Å². The lowest BCUT2D eigenvalue weighted by molar-refractivity contribution is -0.150. The van der Waals surface area contributed by atoms with E-state index in [2.05, 4.69) is 15.9 Å². The fraction of sp³-hybridized carbons (Fsp3) is 0.667. The zero-order valence-corrected chi connectivity index (χ0v) is 8.76. The molecular formula is C9H11BrO3. The number of ether oxygens (including phenoxy) is 1. The van der Waals surface area contributed by atoms with E-state index in [0.29, 0.717) is 0 Å². The number of halogens is 1. The Morgan fingerprint density at radius 3 is 2.38 bits per heavy atom. The average molecular weight is 247 g/mol. The van der Waals surface area contributed by atoms with Crippen LogP contribution < -0.4 is 0 Å². The molecule has 1 fully saturated rings. The third kappa shape index (κ3) is 1.27. The number of esters is 1. The highest BCUT2D eigenvalue weighted by Crippen LogP contribution is 2.43. The highest BCUT2D eigenvalue weighted by Gasteiger charge is 2.47. The SMILES string of the molecule is O=C1OC2(CCCCC2)C(O)=C1Br. The maximum atomic E-state index is 11.2. The lowest BCUT2D eigenvalue weighted by atomic mass is 9.84. The first-order valence-corrected chi connectivity index (χ1v) is 5.28. The van der Waals surface area contributed by atoms with Crippen molar-refractivity contribution in [2.45, 2.75) is 37.7 Å². The van der Waals surface area contributed by atoms with Crippen LogP contribution in [-0.4, -0.2) is 16.7 Å². The Bertz CT molecular complexity index is 277. The second kappa shape index (κ2) is 3.01. The Hall–Kier alpha value is -0.510. The maximum absolute atomic E-state index is 11.2. The summed E-state index contributed by atoms with van der Waals surface area (Å²) in [6.45, 7) is 0. The molecule has 13 heavy (non-hydrogen) atoms.